The largest absolute Gasteiger partial charge is 0.508 e. The Labute approximate surface area is 228 Å². The number of phenols is 1. The highest BCUT2D eigenvalue weighted by Crippen LogP contribution is 2.17. The van der Waals surface area contributed by atoms with Crippen molar-refractivity contribution >= 4 is 16.8 Å². The fourth-order valence-corrected chi connectivity index (χ4v) is 4.49. The number of hydrogen-bond donors (Lipinski definition) is 2. The Balaban J connectivity index is 1.31. The van der Waals surface area contributed by atoms with Gasteiger partial charge in [0.05, 0.1) is 17.4 Å². The molecule has 3 aromatic carbocycles. The second kappa shape index (κ2) is 13.6. The molecule has 0 bridgehead atoms. The number of aromatic nitrogens is 2. The van der Waals surface area contributed by atoms with Crippen LogP contribution in [0.25, 0.3) is 10.9 Å². The maximum Gasteiger partial charge on any atom is 0.261 e. The van der Waals surface area contributed by atoms with Gasteiger partial charge in [0.15, 0.2) is 0 Å². The van der Waals surface area contributed by atoms with Gasteiger partial charge < -0.3 is 19.9 Å². The molecule has 8 nitrogen and oxygen atoms in total. The van der Waals surface area contributed by atoms with Gasteiger partial charge >= 0.3 is 0 Å². The molecule has 0 fully saturated rings. The molecule has 1 atom stereocenters. The van der Waals surface area contributed by atoms with E-state index in [2.05, 4.69) is 10.3 Å². The Hall–Kier alpha value is -4.17. The highest BCUT2D eigenvalue weighted by molar-refractivity contribution is 5.81. The molecule has 0 aliphatic carbocycles. The highest BCUT2D eigenvalue weighted by Gasteiger charge is 2.19. The molecular formula is C31H35N3O5. The number of fused-ring (bicyclic) bond motifs is 1. The van der Waals surface area contributed by atoms with E-state index in [-0.39, 0.29) is 17.2 Å². The van der Waals surface area contributed by atoms with Crippen LogP contribution in [0.5, 0.6) is 11.5 Å². The third-order valence-corrected chi connectivity index (χ3v) is 6.53. The number of amides is 1. The van der Waals surface area contributed by atoms with Gasteiger partial charge in [-0.2, -0.15) is 0 Å². The van der Waals surface area contributed by atoms with Crippen molar-refractivity contribution in [1.82, 2.24) is 14.9 Å². The first-order valence-corrected chi connectivity index (χ1v) is 13.4. The predicted molar refractivity (Wildman–Crippen MR) is 151 cm³/mol. The number of rotatable bonds is 13. The minimum absolute atomic E-state index is 0.0581. The molecule has 2 N–H and O–H groups in total. The molecule has 204 valence electrons. The smallest absolute Gasteiger partial charge is 0.261 e. The molecule has 4 aromatic rings. The molecule has 8 heteroatoms. The highest BCUT2D eigenvalue weighted by atomic mass is 16.5. The second-order valence-corrected chi connectivity index (χ2v) is 9.17. The zero-order valence-corrected chi connectivity index (χ0v) is 22.4. The number of aryl methyl sites for hydroxylation is 1. The lowest BCUT2D eigenvalue weighted by Crippen LogP contribution is -2.38. The van der Waals surface area contributed by atoms with E-state index < -0.39 is 6.10 Å². The van der Waals surface area contributed by atoms with E-state index in [4.69, 9.17) is 9.47 Å². The van der Waals surface area contributed by atoms with Crippen LogP contribution in [-0.4, -0.2) is 46.4 Å². The molecule has 0 aliphatic rings. The van der Waals surface area contributed by atoms with E-state index in [0.717, 1.165) is 17.0 Å². The van der Waals surface area contributed by atoms with Crippen molar-refractivity contribution in [3.63, 3.8) is 0 Å². The number of benzene rings is 3. The van der Waals surface area contributed by atoms with Crippen LogP contribution in [0.2, 0.25) is 0 Å². The first-order chi connectivity index (χ1) is 19.0. The average molecular weight is 530 g/mol. The van der Waals surface area contributed by atoms with Crippen molar-refractivity contribution in [2.45, 2.75) is 45.8 Å². The number of ether oxygens (including phenoxy) is 2. The van der Waals surface area contributed by atoms with Gasteiger partial charge in [-0.3, -0.25) is 14.2 Å². The summed E-state index contributed by atoms with van der Waals surface area (Å²) in [6.07, 6.45) is 0.989. The lowest BCUT2D eigenvalue weighted by atomic mass is 10.1. The lowest BCUT2D eigenvalue weighted by Gasteiger charge is -2.17. The van der Waals surface area contributed by atoms with Gasteiger partial charge in [0.25, 0.3) is 5.56 Å². The molecule has 0 aliphatic heterocycles. The van der Waals surface area contributed by atoms with E-state index >= 15 is 0 Å². The van der Waals surface area contributed by atoms with Crippen LogP contribution in [0, 0.1) is 0 Å². The van der Waals surface area contributed by atoms with Crippen molar-refractivity contribution in [1.29, 1.82) is 0 Å². The maximum absolute atomic E-state index is 13.0. The van der Waals surface area contributed by atoms with Gasteiger partial charge in [-0.1, -0.05) is 49.4 Å². The molecule has 4 rings (SSSR count). The van der Waals surface area contributed by atoms with Gasteiger partial charge in [0, 0.05) is 26.0 Å². The van der Waals surface area contributed by atoms with Crippen LogP contribution < -0.4 is 15.6 Å². The Morgan fingerprint density at radius 1 is 1.03 bits per heavy atom. The minimum Gasteiger partial charge on any atom is -0.508 e. The first-order valence-electron chi connectivity index (χ1n) is 13.4. The van der Waals surface area contributed by atoms with Crippen molar-refractivity contribution in [2.75, 3.05) is 19.8 Å². The molecule has 1 unspecified atom stereocenters. The Morgan fingerprint density at radius 2 is 1.77 bits per heavy atom. The predicted octanol–water partition coefficient (Wildman–Crippen LogP) is 4.05. The van der Waals surface area contributed by atoms with Gasteiger partial charge in [-0.05, 0) is 54.8 Å². The van der Waals surface area contributed by atoms with Crippen LogP contribution in [0.3, 0.4) is 0 Å². The summed E-state index contributed by atoms with van der Waals surface area (Å²) in [6.45, 7) is 5.39. The molecule has 1 heterocycles. The maximum atomic E-state index is 13.0. The topological polar surface area (TPSA) is 103 Å². The number of para-hydroxylation sites is 2. The summed E-state index contributed by atoms with van der Waals surface area (Å²) < 4.78 is 13.3. The van der Waals surface area contributed by atoms with E-state index in [1.165, 1.54) is 0 Å². The molecular weight excluding hydrogens is 494 g/mol. The quantitative estimate of drug-likeness (QED) is 0.271. The summed E-state index contributed by atoms with van der Waals surface area (Å²) in [5.41, 5.74) is 2.38. The number of nitrogens with zero attached hydrogens (tertiary/aromatic N) is 2. The summed E-state index contributed by atoms with van der Waals surface area (Å²) in [5, 5.41) is 13.4. The third-order valence-electron chi connectivity index (χ3n) is 6.53. The SMILES string of the molecule is CCOC(Cc1ccc(OCCn2c(CC)nc3ccccc3c2=O)cc1)C(=O)NCCc1ccccc1O. The molecule has 39 heavy (non-hydrogen) atoms. The standard InChI is InChI=1S/C31H35N3O5/c1-3-29-33-26-11-7-6-10-25(26)31(37)34(29)19-20-39-24-15-13-22(14-16-24)21-28(38-4-2)30(36)32-18-17-23-9-5-8-12-27(23)35/h5-16,28,35H,3-4,17-21H2,1-2H3,(H,32,36). The molecule has 0 saturated heterocycles. The Kier molecular flexibility index (Phi) is 9.69. The summed E-state index contributed by atoms with van der Waals surface area (Å²) in [5.74, 6) is 1.45. The zero-order valence-electron chi connectivity index (χ0n) is 22.4. The summed E-state index contributed by atoms with van der Waals surface area (Å²) in [4.78, 5) is 30.4. The summed E-state index contributed by atoms with van der Waals surface area (Å²) >= 11 is 0. The van der Waals surface area contributed by atoms with Crippen LogP contribution in [-0.2, 0) is 35.3 Å². The summed E-state index contributed by atoms with van der Waals surface area (Å²) in [6, 6.07) is 22.0. The molecule has 1 aromatic heterocycles. The van der Waals surface area contributed by atoms with Crippen molar-refractivity contribution in [3.05, 3.63) is 100 Å². The Morgan fingerprint density at radius 3 is 2.51 bits per heavy atom. The van der Waals surface area contributed by atoms with E-state index in [9.17, 15) is 14.7 Å². The van der Waals surface area contributed by atoms with Crippen LogP contribution in [0.4, 0.5) is 0 Å². The number of carbonyl (C=O) groups is 1. The van der Waals surface area contributed by atoms with Crippen LogP contribution in [0.1, 0.15) is 30.8 Å². The fourth-order valence-electron chi connectivity index (χ4n) is 4.49. The van der Waals surface area contributed by atoms with Crippen LogP contribution in [0.15, 0.2) is 77.6 Å². The van der Waals surface area contributed by atoms with Gasteiger partial charge in [-0.25, -0.2) is 4.98 Å². The number of carbonyl (C=O) groups excluding carboxylic acids is 1. The molecule has 0 saturated carbocycles. The number of hydrogen-bond acceptors (Lipinski definition) is 6. The first kappa shape index (κ1) is 27.9. The average Bonchev–Trinajstić information content (AvgIpc) is 2.95. The van der Waals surface area contributed by atoms with E-state index in [0.29, 0.717) is 62.2 Å². The second-order valence-electron chi connectivity index (χ2n) is 9.17. The fraction of sp³-hybridized carbons (Fsp3) is 0.323. The number of phenolic OH excluding ortho intramolecular Hbond substituents is 1. The van der Waals surface area contributed by atoms with Crippen LogP contribution >= 0.6 is 0 Å². The van der Waals surface area contributed by atoms with Crippen molar-refractivity contribution < 1.29 is 19.4 Å². The lowest BCUT2D eigenvalue weighted by molar-refractivity contribution is -0.132. The minimum atomic E-state index is -0.620. The van der Waals surface area contributed by atoms with E-state index in [1.54, 1.807) is 22.8 Å². The van der Waals surface area contributed by atoms with Crippen molar-refractivity contribution in [2.24, 2.45) is 0 Å². The number of aromatic hydroxyl groups is 1. The molecule has 1 amide bonds. The van der Waals surface area contributed by atoms with Gasteiger partial charge in [0.1, 0.15) is 30.0 Å². The molecule has 0 spiro atoms. The van der Waals surface area contributed by atoms with Crippen molar-refractivity contribution in [3.8, 4) is 11.5 Å². The third kappa shape index (κ3) is 7.23. The van der Waals surface area contributed by atoms with E-state index in [1.807, 2.05) is 68.4 Å². The monoisotopic (exact) mass is 529 g/mol. The molecule has 0 radical (unpaired) electrons. The number of nitrogens with one attached hydrogen (secondary N) is 1. The van der Waals surface area contributed by atoms with Gasteiger partial charge in [-0.15, -0.1) is 0 Å². The summed E-state index contributed by atoms with van der Waals surface area (Å²) in [7, 11) is 0. The Bertz CT molecular complexity index is 1450. The normalized spacial score (nSPS) is 11.8. The van der Waals surface area contributed by atoms with Gasteiger partial charge in [0.2, 0.25) is 5.91 Å². The zero-order chi connectivity index (χ0) is 27.6.